The van der Waals surface area contributed by atoms with Gasteiger partial charge in [-0.2, -0.15) is 13.2 Å². The van der Waals surface area contributed by atoms with Crippen LogP contribution in [0.5, 0.6) is 11.5 Å². The molecule has 3 rings (SSSR count). The van der Waals surface area contributed by atoms with Crippen LogP contribution in [0, 0.1) is 5.92 Å². The quantitative estimate of drug-likeness (QED) is 0.620. The summed E-state index contributed by atoms with van der Waals surface area (Å²) in [5.41, 5.74) is 4.64. The Bertz CT molecular complexity index is 1030. The van der Waals surface area contributed by atoms with Crippen LogP contribution < -0.4 is 25.4 Å². The average molecular weight is 487 g/mol. The number of aromatic nitrogens is 1. The van der Waals surface area contributed by atoms with Gasteiger partial charge in [-0.3, -0.25) is 9.59 Å². The molecule has 1 aliphatic heterocycles. The molecule has 12 heteroatoms. The van der Waals surface area contributed by atoms with Crippen molar-refractivity contribution < 1.29 is 32.2 Å². The maximum atomic E-state index is 12.8. The van der Waals surface area contributed by atoms with Gasteiger partial charge in [0.05, 0.1) is 17.7 Å². The Balaban J connectivity index is 1.61. The molecule has 1 fully saturated rings. The van der Waals surface area contributed by atoms with Crippen molar-refractivity contribution in [1.82, 2.24) is 4.98 Å². The molecule has 0 unspecified atom stereocenters. The number of piperidine rings is 1. The minimum absolute atomic E-state index is 0.0885. The third-order valence-electron chi connectivity index (χ3n) is 5.12. The van der Waals surface area contributed by atoms with E-state index in [0.717, 1.165) is 12.3 Å². The highest BCUT2D eigenvalue weighted by Crippen LogP contribution is 2.35. The number of rotatable bonds is 7. The van der Waals surface area contributed by atoms with Crippen molar-refractivity contribution in [2.24, 2.45) is 11.7 Å². The monoisotopic (exact) mass is 486 g/mol. The summed E-state index contributed by atoms with van der Waals surface area (Å²) in [6.07, 6.45) is -2.84. The summed E-state index contributed by atoms with van der Waals surface area (Å²) in [6.45, 7) is 0.476. The Morgan fingerprint density at radius 2 is 1.94 bits per heavy atom. The number of alkyl halides is 3. The van der Waals surface area contributed by atoms with Gasteiger partial charge in [-0.15, -0.1) is 0 Å². The van der Waals surface area contributed by atoms with E-state index in [-0.39, 0.29) is 35.0 Å². The molecule has 0 saturated carbocycles. The molecule has 178 valence electrons. The lowest BCUT2D eigenvalue weighted by Crippen LogP contribution is -2.38. The van der Waals surface area contributed by atoms with E-state index in [2.05, 4.69) is 10.3 Å². The number of halogens is 4. The lowest BCUT2D eigenvalue weighted by atomic mass is 9.95. The molecule has 0 atom stereocenters. The number of carbonyl (C=O) groups is 2. The molecule has 3 N–H and O–H groups in total. The van der Waals surface area contributed by atoms with Gasteiger partial charge in [0.2, 0.25) is 5.91 Å². The van der Waals surface area contributed by atoms with Gasteiger partial charge in [0.15, 0.2) is 18.1 Å². The molecule has 33 heavy (non-hydrogen) atoms. The smallest absolute Gasteiger partial charge is 0.417 e. The van der Waals surface area contributed by atoms with Crippen molar-refractivity contribution in [3.63, 3.8) is 0 Å². The first-order valence-corrected chi connectivity index (χ1v) is 10.3. The average Bonchev–Trinajstić information content (AvgIpc) is 2.77. The zero-order chi connectivity index (χ0) is 24.2. The third-order valence-corrected chi connectivity index (χ3v) is 5.39. The normalized spacial score (nSPS) is 14.6. The number of anilines is 2. The minimum Gasteiger partial charge on any atom is -0.493 e. The van der Waals surface area contributed by atoms with Crippen LogP contribution in [0.1, 0.15) is 18.4 Å². The lowest BCUT2D eigenvalue weighted by molar-refractivity contribution is -0.137. The number of ether oxygens (including phenoxy) is 2. The molecular formula is C21H22ClF3N4O4. The fraction of sp³-hybridized carbons (Fsp3) is 0.381. The highest BCUT2D eigenvalue weighted by molar-refractivity contribution is 6.33. The first-order valence-electron chi connectivity index (χ1n) is 9.96. The second-order valence-corrected chi connectivity index (χ2v) is 7.81. The molecule has 2 aromatic rings. The van der Waals surface area contributed by atoms with E-state index in [0.29, 0.717) is 37.4 Å². The largest absolute Gasteiger partial charge is 0.493 e. The number of nitrogens with zero attached hydrogens (tertiary/aromatic N) is 2. The molecule has 0 radical (unpaired) electrons. The summed E-state index contributed by atoms with van der Waals surface area (Å²) >= 11 is 6.03. The molecule has 0 spiro atoms. The lowest BCUT2D eigenvalue weighted by Gasteiger charge is -2.32. The maximum absolute atomic E-state index is 12.8. The molecule has 1 saturated heterocycles. The van der Waals surface area contributed by atoms with E-state index in [4.69, 9.17) is 26.8 Å². The number of hydrogen-bond donors (Lipinski definition) is 2. The Labute approximate surface area is 192 Å². The fourth-order valence-electron chi connectivity index (χ4n) is 3.43. The van der Waals surface area contributed by atoms with E-state index in [1.807, 2.05) is 0 Å². The van der Waals surface area contributed by atoms with Crippen molar-refractivity contribution >= 4 is 34.9 Å². The topological polar surface area (TPSA) is 107 Å². The van der Waals surface area contributed by atoms with Gasteiger partial charge in [0.25, 0.3) is 5.91 Å². The highest BCUT2D eigenvalue weighted by Gasteiger charge is 2.33. The van der Waals surface area contributed by atoms with Gasteiger partial charge < -0.3 is 25.4 Å². The molecule has 1 aliphatic rings. The number of primary amides is 1. The van der Waals surface area contributed by atoms with E-state index < -0.39 is 17.6 Å². The predicted molar refractivity (Wildman–Crippen MR) is 115 cm³/mol. The summed E-state index contributed by atoms with van der Waals surface area (Å²) in [5, 5.41) is 2.72. The van der Waals surface area contributed by atoms with E-state index in [9.17, 15) is 22.8 Å². The van der Waals surface area contributed by atoms with Crippen LogP contribution in [0.4, 0.5) is 24.7 Å². The number of pyridine rings is 1. The van der Waals surface area contributed by atoms with Gasteiger partial charge in [-0.25, -0.2) is 4.98 Å². The number of nitrogens with one attached hydrogen (secondary N) is 1. The van der Waals surface area contributed by atoms with Crippen LogP contribution in [0.3, 0.4) is 0 Å². The zero-order valence-electron chi connectivity index (χ0n) is 17.6. The van der Waals surface area contributed by atoms with Gasteiger partial charge in [0.1, 0.15) is 5.82 Å². The number of nitrogens with two attached hydrogens (primary N) is 1. The number of benzene rings is 1. The van der Waals surface area contributed by atoms with Crippen molar-refractivity contribution in [2.45, 2.75) is 19.0 Å². The maximum Gasteiger partial charge on any atom is 0.417 e. The molecular weight excluding hydrogens is 465 g/mol. The Morgan fingerprint density at radius 1 is 1.24 bits per heavy atom. The van der Waals surface area contributed by atoms with Crippen LogP contribution >= 0.6 is 11.6 Å². The Hall–Kier alpha value is -3.21. The highest BCUT2D eigenvalue weighted by atomic mass is 35.5. The molecule has 1 aromatic heterocycles. The summed E-state index contributed by atoms with van der Waals surface area (Å²) < 4.78 is 48.9. The number of methoxy groups -OCH3 is 1. The van der Waals surface area contributed by atoms with E-state index in [1.54, 1.807) is 17.0 Å². The molecule has 2 amide bonds. The first-order chi connectivity index (χ1) is 15.6. The molecule has 0 bridgehead atoms. The third kappa shape index (κ3) is 6.19. The van der Waals surface area contributed by atoms with Crippen LogP contribution in [-0.4, -0.2) is 43.6 Å². The predicted octanol–water partition coefficient (Wildman–Crippen LogP) is 3.48. The molecule has 1 aromatic carbocycles. The zero-order valence-corrected chi connectivity index (χ0v) is 18.4. The number of amides is 2. The number of hydrogen-bond acceptors (Lipinski definition) is 6. The van der Waals surface area contributed by atoms with E-state index in [1.165, 1.54) is 13.2 Å². The SMILES string of the molecule is COc1ccc(NC(=O)C2CCN(c3ncc(C(F)(F)F)cc3Cl)CC2)cc1OCC(N)=O. The van der Waals surface area contributed by atoms with Crippen LogP contribution in [0.25, 0.3) is 0 Å². The van der Waals surface area contributed by atoms with Crippen LogP contribution in [0.15, 0.2) is 30.5 Å². The Kier molecular flexibility index (Phi) is 7.52. The van der Waals surface area contributed by atoms with Crippen molar-refractivity contribution in [2.75, 3.05) is 37.0 Å². The minimum atomic E-state index is -4.52. The molecule has 8 nitrogen and oxygen atoms in total. The Morgan fingerprint density at radius 3 is 2.52 bits per heavy atom. The van der Waals surface area contributed by atoms with Gasteiger partial charge in [-0.1, -0.05) is 11.6 Å². The van der Waals surface area contributed by atoms with Crippen molar-refractivity contribution in [1.29, 1.82) is 0 Å². The summed E-state index contributed by atoms with van der Waals surface area (Å²) in [5.74, 6) is -0.287. The summed E-state index contributed by atoms with van der Waals surface area (Å²) in [7, 11) is 1.44. The van der Waals surface area contributed by atoms with E-state index >= 15 is 0 Å². The van der Waals surface area contributed by atoms with Gasteiger partial charge in [0, 0.05) is 37.0 Å². The van der Waals surface area contributed by atoms with Gasteiger partial charge in [-0.05, 0) is 31.0 Å². The van der Waals surface area contributed by atoms with Crippen LogP contribution in [0.2, 0.25) is 5.02 Å². The first kappa shape index (κ1) is 24.4. The molecule has 0 aliphatic carbocycles. The second kappa shape index (κ2) is 10.2. The standard InChI is InChI=1S/C21H22ClF3N4O4/c1-32-16-3-2-14(9-17(16)33-11-18(26)30)28-20(31)12-4-6-29(7-5-12)19-15(22)8-13(10-27-19)21(23,24)25/h2-3,8-10,12H,4-7,11H2,1H3,(H2,26,30)(H,28,31). The van der Waals surface area contributed by atoms with Crippen molar-refractivity contribution in [3.05, 3.63) is 41.0 Å². The van der Waals surface area contributed by atoms with Crippen molar-refractivity contribution in [3.8, 4) is 11.5 Å². The van der Waals surface area contributed by atoms with Crippen LogP contribution in [-0.2, 0) is 15.8 Å². The summed E-state index contributed by atoms with van der Waals surface area (Å²) in [6, 6.07) is 5.60. The van der Waals surface area contributed by atoms with Gasteiger partial charge >= 0.3 is 6.18 Å². The second-order valence-electron chi connectivity index (χ2n) is 7.40. The summed E-state index contributed by atoms with van der Waals surface area (Å²) in [4.78, 5) is 29.3. The molecule has 2 heterocycles. The fourth-order valence-corrected chi connectivity index (χ4v) is 3.72. The number of carbonyl (C=O) groups excluding carboxylic acids is 2.